The minimum absolute atomic E-state index is 0.0845. The van der Waals surface area contributed by atoms with Gasteiger partial charge in [0.2, 0.25) is 17.7 Å². The number of para-hydroxylation sites is 1. The van der Waals surface area contributed by atoms with Crippen LogP contribution in [0.3, 0.4) is 0 Å². The lowest BCUT2D eigenvalue weighted by atomic mass is 9.67. The fraction of sp³-hybridized carbons (Fsp3) is 0.318. The van der Waals surface area contributed by atoms with Gasteiger partial charge in [-0.3, -0.25) is 14.4 Å². The summed E-state index contributed by atoms with van der Waals surface area (Å²) in [6, 6.07) is 6.14. The summed E-state index contributed by atoms with van der Waals surface area (Å²) in [6.07, 6.45) is -0.606. The maximum Gasteiger partial charge on any atom is 0.341 e. The van der Waals surface area contributed by atoms with E-state index >= 15 is 0 Å². The standard InChI is InChI=1S/C22H23N3O9/c1-4-33-20(29)17-18(24)34-13(9-15(27)31-2)16(19(28)32-3)22(17)11-7-5-6-8-12(11)25(21(22)30)10-14(23)26/h5-8H,4,9-10,24H2,1-3H3,(H2,23,26)/t22-/m0/s1. The number of hydrogen-bond acceptors (Lipinski definition) is 10. The summed E-state index contributed by atoms with van der Waals surface area (Å²) in [5.74, 6) is -5.58. The van der Waals surface area contributed by atoms with Crippen molar-refractivity contribution >= 4 is 35.4 Å². The third-order valence-electron chi connectivity index (χ3n) is 5.39. The second kappa shape index (κ2) is 9.25. The van der Waals surface area contributed by atoms with Crippen molar-refractivity contribution in [1.29, 1.82) is 0 Å². The molecule has 0 saturated heterocycles. The Morgan fingerprint density at radius 1 is 1.06 bits per heavy atom. The van der Waals surface area contributed by atoms with Crippen LogP contribution in [0.15, 0.2) is 47.1 Å². The zero-order chi connectivity index (χ0) is 25.2. The Labute approximate surface area is 194 Å². The molecule has 0 aliphatic carbocycles. The molecule has 1 aromatic rings. The van der Waals surface area contributed by atoms with Crippen LogP contribution in [-0.2, 0) is 48.3 Å². The Morgan fingerprint density at radius 2 is 1.74 bits per heavy atom. The third-order valence-corrected chi connectivity index (χ3v) is 5.39. The number of nitrogens with two attached hydrogens (primary N) is 2. The van der Waals surface area contributed by atoms with Gasteiger partial charge in [-0.25, -0.2) is 9.59 Å². The van der Waals surface area contributed by atoms with Gasteiger partial charge in [0.1, 0.15) is 35.3 Å². The first-order valence-corrected chi connectivity index (χ1v) is 10.1. The van der Waals surface area contributed by atoms with Gasteiger partial charge < -0.3 is 35.3 Å². The van der Waals surface area contributed by atoms with Crippen molar-refractivity contribution in [2.75, 3.05) is 32.3 Å². The smallest absolute Gasteiger partial charge is 0.341 e. The molecule has 0 bridgehead atoms. The van der Waals surface area contributed by atoms with E-state index in [4.69, 9.17) is 25.7 Å². The minimum atomic E-state index is -2.24. The Bertz CT molecular complexity index is 1150. The number of fused-ring (bicyclic) bond motifs is 2. The molecule has 180 valence electrons. The van der Waals surface area contributed by atoms with Crippen LogP contribution in [0.4, 0.5) is 5.69 Å². The molecule has 4 N–H and O–H groups in total. The van der Waals surface area contributed by atoms with E-state index in [2.05, 4.69) is 4.74 Å². The van der Waals surface area contributed by atoms with Gasteiger partial charge in [-0.05, 0) is 13.0 Å². The van der Waals surface area contributed by atoms with Gasteiger partial charge >= 0.3 is 17.9 Å². The number of amides is 2. The molecule has 0 fully saturated rings. The summed E-state index contributed by atoms with van der Waals surface area (Å²) in [6.45, 7) is 0.891. The molecular formula is C22H23N3O9. The normalized spacial score (nSPS) is 19.0. The number of carbonyl (C=O) groups is 5. The quantitative estimate of drug-likeness (QED) is 0.388. The van der Waals surface area contributed by atoms with Crippen LogP contribution < -0.4 is 16.4 Å². The van der Waals surface area contributed by atoms with E-state index in [1.807, 2.05) is 0 Å². The number of methoxy groups -OCH3 is 2. The van der Waals surface area contributed by atoms with Crippen LogP contribution >= 0.6 is 0 Å². The van der Waals surface area contributed by atoms with Crippen molar-refractivity contribution in [1.82, 2.24) is 0 Å². The number of esters is 3. The van der Waals surface area contributed by atoms with Crippen LogP contribution in [0, 0.1) is 0 Å². The molecular weight excluding hydrogens is 450 g/mol. The molecule has 1 aromatic carbocycles. The van der Waals surface area contributed by atoms with Gasteiger partial charge in [-0.15, -0.1) is 0 Å². The molecule has 0 aromatic heterocycles. The van der Waals surface area contributed by atoms with Gasteiger partial charge in [0.15, 0.2) is 0 Å². The first-order chi connectivity index (χ1) is 16.1. The largest absolute Gasteiger partial charge is 0.469 e. The maximum atomic E-state index is 14.1. The molecule has 2 aliphatic heterocycles. The molecule has 0 saturated carbocycles. The summed E-state index contributed by atoms with van der Waals surface area (Å²) >= 11 is 0. The summed E-state index contributed by atoms with van der Waals surface area (Å²) in [7, 11) is 2.17. The molecule has 34 heavy (non-hydrogen) atoms. The first-order valence-electron chi connectivity index (χ1n) is 10.1. The van der Waals surface area contributed by atoms with Crippen LogP contribution in [0.25, 0.3) is 0 Å². The van der Waals surface area contributed by atoms with E-state index in [1.54, 1.807) is 12.1 Å². The second-order valence-electron chi connectivity index (χ2n) is 7.23. The van der Waals surface area contributed by atoms with Crippen LogP contribution in [0.1, 0.15) is 18.9 Å². The predicted molar refractivity (Wildman–Crippen MR) is 114 cm³/mol. The summed E-state index contributed by atoms with van der Waals surface area (Å²) in [5.41, 5.74) is 8.58. The van der Waals surface area contributed by atoms with Crippen molar-refractivity contribution in [3.05, 3.63) is 52.6 Å². The van der Waals surface area contributed by atoms with E-state index in [-0.39, 0.29) is 23.6 Å². The molecule has 2 amide bonds. The van der Waals surface area contributed by atoms with E-state index < -0.39 is 65.1 Å². The molecule has 2 heterocycles. The predicted octanol–water partition coefficient (Wildman–Crippen LogP) is -0.490. The molecule has 1 spiro atoms. The lowest BCUT2D eigenvalue weighted by Gasteiger charge is -2.36. The van der Waals surface area contributed by atoms with Gasteiger partial charge in [0.25, 0.3) is 0 Å². The highest BCUT2D eigenvalue weighted by Crippen LogP contribution is 2.54. The van der Waals surface area contributed by atoms with Crippen LogP contribution in [-0.4, -0.2) is 57.1 Å². The number of hydrogen-bond donors (Lipinski definition) is 2. The Hall–Kier alpha value is -4.35. The monoisotopic (exact) mass is 473 g/mol. The number of carbonyl (C=O) groups excluding carboxylic acids is 5. The molecule has 3 rings (SSSR count). The molecule has 1 atom stereocenters. The number of primary amides is 1. The molecule has 0 unspecified atom stereocenters. The minimum Gasteiger partial charge on any atom is -0.469 e. The highest BCUT2D eigenvalue weighted by Gasteiger charge is 2.64. The maximum absolute atomic E-state index is 14.1. The lowest BCUT2D eigenvalue weighted by Crippen LogP contribution is -2.52. The number of ether oxygens (including phenoxy) is 4. The highest BCUT2D eigenvalue weighted by atomic mass is 16.5. The van der Waals surface area contributed by atoms with Crippen LogP contribution in [0.2, 0.25) is 0 Å². The zero-order valence-corrected chi connectivity index (χ0v) is 18.7. The highest BCUT2D eigenvalue weighted by molar-refractivity contribution is 6.23. The van der Waals surface area contributed by atoms with Crippen molar-refractivity contribution in [3.63, 3.8) is 0 Å². The van der Waals surface area contributed by atoms with Gasteiger partial charge in [-0.2, -0.15) is 0 Å². The Balaban J connectivity index is 2.47. The van der Waals surface area contributed by atoms with Gasteiger partial charge in [0.05, 0.1) is 20.8 Å². The van der Waals surface area contributed by atoms with E-state index in [9.17, 15) is 24.0 Å². The summed E-state index contributed by atoms with van der Waals surface area (Å²) in [5, 5.41) is 0. The average molecular weight is 473 g/mol. The van der Waals surface area contributed by atoms with E-state index in [0.717, 1.165) is 19.1 Å². The average Bonchev–Trinajstić information content (AvgIpc) is 3.02. The van der Waals surface area contributed by atoms with Gasteiger partial charge in [0, 0.05) is 11.3 Å². The van der Waals surface area contributed by atoms with Crippen molar-refractivity contribution < 1.29 is 42.9 Å². The number of anilines is 1. The summed E-state index contributed by atoms with van der Waals surface area (Å²) < 4.78 is 20.2. The molecule has 0 radical (unpaired) electrons. The summed E-state index contributed by atoms with van der Waals surface area (Å²) in [4.78, 5) is 65.3. The van der Waals surface area contributed by atoms with Crippen molar-refractivity contribution in [2.24, 2.45) is 11.5 Å². The number of benzene rings is 1. The molecule has 2 aliphatic rings. The fourth-order valence-corrected chi connectivity index (χ4v) is 4.16. The van der Waals surface area contributed by atoms with E-state index in [1.165, 1.54) is 19.1 Å². The van der Waals surface area contributed by atoms with E-state index in [0.29, 0.717) is 0 Å². The third kappa shape index (κ3) is 3.62. The number of rotatable bonds is 7. The molecule has 12 nitrogen and oxygen atoms in total. The Morgan fingerprint density at radius 3 is 2.32 bits per heavy atom. The van der Waals surface area contributed by atoms with Gasteiger partial charge in [-0.1, -0.05) is 18.2 Å². The number of nitrogens with zero attached hydrogens (tertiary/aromatic N) is 1. The first kappa shape index (κ1) is 24.3. The SMILES string of the molecule is CCOC(=O)C1=C(N)OC(CC(=O)OC)=C(C(=O)OC)[C@]12C(=O)N(CC(N)=O)c1ccccc12. The Kier molecular flexibility index (Phi) is 6.61. The van der Waals surface area contributed by atoms with Crippen molar-refractivity contribution in [3.8, 4) is 0 Å². The lowest BCUT2D eigenvalue weighted by molar-refractivity contribution is -0.142. The van der Waals surface area contributed by atoms with Crippen LogP contribution in [0.5, 0.6) is 0 Å². The fourth-order valence-electron chi connectivity index (χ4n) is 4.16. The topological polar surface area (TPSA) is 178 Å². The second-order valence-corrected chi connectivity index (χ2v) is 7.23. The molecule has 12 heteroatoms. The van der Waals surface area contributed by atoms with Crippen molar-refractivity contribution in [2.45, 2.75) is 18.8 Å². The zero-order valence-electron chi connectivity index (χ0n) is 18.7.